The molecule has 2 rings (SSSR count). The number of carbonyl (C=O) groups is 1. The van der Waals surface area contributed by atoms with Crippen molar-refractivity contribution in [2.45, 2.75) is 6.42 Å². The van der Waals surface area contributed by atoms with Crippen LogP contribution in [0.3, 0.4) is 0 Å². The molecule has 2 nitrogen and oxygen atoms in total. The number of carbonyl (C=O) groups excluding carboxylic acids is 1. The summed E-state index contributed by atoms with van der Waals surface area (Å²) in [6.07, 6.45) is 5.22. The second kappa shape index (κ2) is 2.31. The first-order valence-electron chi connectivity index (χ1n) is 3.50. The number of hydrogen-bond acceptors (Lipinski definition) is 2. The van der Waals surface area contributed by atoms with Crippen molar-refractivity contribution in [3.63, 3.8) is 0 Å². The molecule has 1 aromatic heterocycles. The lowest BCUT2D eigenvalue weighted by Crippen LogP contribution is -1.88. The Morgan fingerprint density at radius 2 is 2.45 bits per heavy atom. The highest BCUT2D eigenvalue weighted by atomic mass is 16.1. The van der Waals surface area contributed by atoms with Gasteiger partial charge in [-0.25, -0.2) is 0 Å². The van der Waals surface area contributed by atoms with Gasteiger partial charge < -0.3 is 0 Å². The average molecular weight is 145 g/mol. The van der Waals surface area contributed by atoms with Gasteiger partial charge >= 0.3 is 0 Å². The predicted octanol–water partition coefficient (Wildman–Crippen LogP) is 1.22. The molecule has 0 saturated carbocycles. The second-order valence-electron chi connectivity index (χ2n) is 2.55. The van der Waals surface area contributed by atoms with Crippen molar-refractivity contribution in [2.75, 3.05) is 0 Å². The summed E-state index contributed by atoms with van der Waals surface area (Å²) < 4.78 is 0. The maximum Gasteiger partial charge on any atom is 0.146 e. The van der Waals surface area contributed by atoms with E-state index in [4.69, 9.17) is 0 Å². The molecule has 0 N–H and O–H groups in total. The summed E-state index contributed by atoms with van der Waals surface area (Å²) in [5.41, 5.74) is 2.91. The third-order valence-electron chi connectivity index (χ3n) is 1.79. The van der Waals surface area contributed by atoms with Crippen LogP contribution in [-0.4, -0.2) is 11.3 Å². The van der Waals surface area contributed by atoms with Crippen molar-refractivity contribution < 1.29 is 4.79 Å². The Balaban J connectivity index is 2.47. The van der Waals surface area contributed by atoms with Crippen LogP contribution in [0.25, 0.3) is 6.08 Å². The van der Waals surface area contributed by atoms with Gasteiger partial charge in [-0.2, -0.15) is 0 Å². The summed E-state index contributed by atoms with van der Waals surface area (Å²) in [5, 5.41) is 0. The molecule has 0 fully saturated rings. The number of aldehydes is 1. The van der Waals surface area contributed by atoms with Gasteiger partial charge in [0.15, 0.2) is 0 Å². The molecule has 0 amide bonds. The van der Waals surface area contributed by atoms with Gasteiger partial charge in [-0.1, -0.05) is 6.07 Å². The highest BCUT2D eigenvalue weighted by Gasteiger charge is 2.11. The third-order valence-corrected chi connectivity index (χ3v) is 1.79. The Labute approximate surface area is 64.6 Å². The predicted molar refractivity (Wildman–Crippen MR) is 42.0 cm³/mol. The lowest BCUT2D eigenvalue weighted by molar-refractivity contribution is -0.104. The fourth-order valence-electron chi connectivity index (χ4n) is 1.25. The number of nitrogens with zero attached hydrogens (tertiary/aromatic N) is 1. The van der Waals surface area contributed by atoms with Gasteiger partial charge in [0.2, 0.25) is 0 Å². The number of hydrogen-bond donors (Lipinski definition) is 0. The second-order valence-corrected chi connectivity index (χ2v) is 2.55. The molecule has 2 heteroatoms. The van der Waals surface area contributed by atoms with E-state index in [-0.39, 0.29) is 0 Å². The average Bonchev–Trinajstić information content (AvgIpc) is 2.46. The van der Waals surface area contributed by atoms with Crippen molar-refractivity contribution in [2.24, 2.45) is 0 Å². The SMILES string of the molecule is O=CC1=Cc2cccnc2C1. The van der Waals surface area contributed by atoms with E-state index in [1.54, 1.807) is 6.20 Å². The van der Waals surface area contributed by atoms with Gasteiger partial charge in [0.25, 0.3) is 0 Å². The number of allylic oxidation sites excluding steroid dienone is 1. The van der Waals surface area contributed by atoms with Gasteiger partial charge in [0, 0.05) is 12.6 Å². The Kier molecular flexibility index (Phi) is 1.32. The van der Waals surface area contributed by atoms with Crippen molar-refractivity contribution in [3.05, 3.63) is 35.2 Å². The Bertz CT molecular complexity index is 328. The Morgan fingerprint density at radius 3 is 3.18 bits per heavy atom. The van der Waals surface area contributed by atoms with E-state index in [2.05, 4.69) is 4.98 Å². The maximum atomic E-state index is 10.4. The smallest absolute Gasteiger partial charge is 0.146 e. The van der Waals surface area contributed by atoms with E-state index in [9.17, 15) is 4.79 Å². The van der Waals surface area contributed by atoms with Gasteiger partial charge in [-0.3, -0.25) is 9.78 Å². The first kappa shape index (κ1) is 6.28. The van der Waals surface area contributed by atoms with Crippen LogP contribution in [0.15, 0.2) is 23.9 Å². The molecule has 0 aromatic carbocycles. The first-order valence-corrected chi connectivity index (χ1v) is 3.50. The molecule has 54 valence electrons. The number of rotatable bonds is 1. The zero-order valence-corrected chi connectivity index (χ0v) is 5.95. The molecule has 1 heterocycles. The normalized spacial score (nSPS) is 14.0. The molecule has 0 spiro atoms. The molecule has 0 saturated heterocycles. The minimum atomic E-state index is 0.694. The Morgan fingerprint density at radius 1 is 1.55 bits per heavy atom. The Hall–Kier alpha value is -1.44. The van der Waals surface area contributed by atoms with Crippen LogP contribution in [-0.2, 0) is 11.2 Å². The molecular formula is C9H7NO. The summed E-state index contributed by atoms with van der Waals surface area (Å²) in [5.74, 6) is 0. The number of aromatic nitrogens is 1. The first-order chi connectivity index (χ1) is 5.40. The van der Waals surface area contributed by atoms with Crippen molar-refractivity contribution in [3.8, 4) is 0 Å². The van der Waals surface area contributed by atoms with Crippen LogP contribution in [0.2, 0.25) is 0 Å². The fourth-order valence-corrected chi connectivity index (χ4v) is 1.25. The van der Waals surface area contributed by atoms with E-state index in [0.29, 0.717) is 6.42 Å². The monoisotopic (exact) mass is 145 g/mol. The molecule has 0 atom stereocenters. The number of fused-ring (bicyclic) bond motifs is 1. The van der Waals surface area contributed by atoms with Gasteiger partial charge in [0.05, 0.1) is 5.69 Å². The van der Waals surface area contributed by atoms with Crippen LogP contribution in [0.1, 0.15) is 11.3 Å². The summed E-state index contributed by atoms with van der Waals surface area (Å²) in [6, 6.07) is 3.85. The van der Waals surface area contributed by atoms with E-state index in [1.807, 2.05) is 18.2 Å². The highest BCUT2D eigenvalue weighted by Crippen LogP contribution is 2.20. The zero-order chi connectivity index (χ0) is 7.68. The summed E-state index contributed by atoms with van der Waals surface area (Å²) in [4.78, 5) is 14.5. The molecule has 0 aliphatic heterocycles. The highest BCUT2D eigenvalue weighted by molar-refractivity contribution is 5.85. The standard InChI is InChI=1S/C9H7NO/c11-6-7-4-8-2-1-3-10-9(8)5-7/h1-4,6H,5H2. The summed E-state index contributed by atoms with van der Waals surface area (Å²) in [6.45, 7) is 0. The zero-order valence-electron chi connectivity index (χ0n) is 5.95. The lowest BCUT2D eigenvalue weighted by Gasteiger charge is -1.92. The largest absolute Gasteiger partial charge is 0.298 e. The fraction of sp³-hybridized carbons (Fsp3) is 0.111. The van der Waals surface area contributed by atoms with Crippen LogP contribution < -0.4 is 0 Å². The quantitative estimate of drug-likeness (QED) is 0.556. The van der Waals surface area contributed by atoms with E-state index >= 15 is 0 Å². The minimum absolute atomic E-state index is 0.694. The summed E-state index contributed by atoms with van der Waals surface area (Å²) in [7, 11) is 0. The van der Waals surface area contributed by atoms with Crippen LogP contribution in [0.4, 0.5) is 0 Å². The molecule has 1 aromatic rings. The van der Waals surface area contributed by atoms with Crippen molar-refractivity contribution in [1.82, 2.24) is 4.98 Å². The van der Waals surface area contributed by atoms with Crippen LogP contribution in [0.5, 0.6) is 0 Å². The lowest BCUT2D eigenvalue weighted by atomic mass is 10.2. The van der Waals surface area contributed by atoms with Crippen molar-refractivity contribution >= 4 is 12.4 Å². The molecule has 1 aliphatic carbocycles. The topological polar surface area (TPSA) is 30.0 Å². The third kappa shape index (κ3) is 0.963. The van der Waals surface area contributed by atoms with E-state index in [0.717, 1.165) is 23.1 Å². The van der Waals surface area contributed by atoms with Crippen LogP contribution in [0, 0.1) is 0 Å². The van der Waals surface area contributed by atoms with Crippen molar-refractivity contribution in [1.29, 1.82) is 0 Å². The number of pyridine rings is 1. The molecule has 1 aliphatic rings. The molecule has 0 bridgehead atoms. The molecular weight excluding hydrogens is 138 g/mol. The van der Waals surface area contributed by atoms with Gasteiger partial charge in [-0.15, -0.1) is 0 Å². The molecule has 0 unspecified atom stereocenters. The molecule has 11 heavy (non-hydrogen) atoms. The van der Waals surface area contributed by atoms with Gasteiger partial charge in [0.1, 0.15) is 6.29 Å². The van der Waals surface area contributed by atoms with Gasteiger partial charge in [-0.05, 0) is 23.3 Å². The van der Waals surface area contributed by atoms with Crippen LogP contribution >= 0.6 is 0 Å². The van der Waals surface area contributed by atoms with E-state index < -0.39 is 0 Å². The molecule has 0 radical (unpaired) electrons. The minimum Gasteiger partial charge on any atom is -0.298 e. The summed E-state index contributed by atoms with van der Waals surface area (Å²) >= 11 is 0. The van der Waals surface area contributed by atoms with E-state index in [1.165, 1.54) is 0 Å². The maximum absolute atomic E-state index is 10.4.